The summed E-state index contributed by atoms with van der Waals surface area (Å²) in [5.74, 6) is 1.87. The summed E-state index contributed by atoms with van der Waals surface area (Å²) in [5.41, 5.74) is 7.64. The van der Waals surface area contributed by atoms with Gasteiger partial charge >= 0.3 is 0 Å². The first-order chi connectivity index (χ1) is 14.0. The molecule has 29 heavy (non-hydrogen) atoms. The average Bonchev–Trinajstić information content (AvgIpc) is 2.72. The van der Waals surface area contributed by atoms with Gasteiger partial charge in [0, 0.05) is 28.4 Å². The van der Waals surface area contributed by atoms with E-state index < -0.39 is 0 Å². The largest absolute Gasteiger partial charge is 0.487 e. The number of ether oxygens (including phenoxy) is 2. The molecule has 3 rings (SSSR count). The third-order valence-corrected chi connectivity index (χ3v) is 4.46. The quantitative estimate of drug-likeness (QED) is 0.400. The van der Waals surface area contributed by atoms with Crippen LogP contribution in [0.15, 0.2) is 54.7 Å². The molecule has 0 fully saturated rings. The van der Waals surface area contributed by atoms with Crippen LogP contribution in [0.4, 0.5) is 5.82 Å². The molecule has 2 aromatic carbocycles. The number of pyridine rings is 1. The van der Waals surface area contributed by atoms with Gasteiger partial charge < -0.3 is 20.6 Å². The Hall–Kier alpha value is -3.27. The van der Waals surface area contributed by atoms with Crippen LogP contribution in [0.25, 0.3) is 0 Å². The molecule has 3 aromatic rings. The minimum absolute atomic E-state index is 0.00526. The normalized spacial score (nSPS) is 10.2. The lowest BCUT2D eigenvalue weighted by molar-refractivity contribution is 0.372. The molecule has 0 aliphatic rings. The Morgan fingerprint density at radius 1 is 1.17 bits per heavy atom. The zero-order valence-electron chi connectivity index (χ0n) is 15.2. The van der Waals surface area contributed by atoms with Gasteiger partial charge in [-0.2, -0.15) is 5.26 Å². The molecule has 0 unspecified atom stereocenters. The molecule has 0 saturated heterocycles. The summed E-state index contributed by atoms with van der Waals surface area (Å²) in [7, 11) is 0. The number of anilines is 1. The first kappa shape index (κ1) is 20.5. The van der Waals surface area contributed by atoms with Crippen molar-refractivity contribution in [1.29, 1.82) is 10.7 Å². The standard InChI is InChI=1S/C21H16Cl2N4O2/c22-10-14-3-4-16(28-12-19(25)18-2-1-5-27-21(18)26)9-20(14)29-17-7-13(11-24)6-15(23)8-17/h1-9,25H,10,12H2,(H2,26,27). The molecule has 6 nitrogen and oxygen atoms in total. The van der Waals surface area contributed by atoms with Gasteiger partial charge in [0.1, 0.15) is 29.7 Å². The van der Waals surface area contributed by atoms with Gasteiger partial charge in [0.15, 0.2) is 0 Å². The number of nitriles is 1. The van der Waals surface area contributed by atoms with Crippen molar-refractivity contribution in [3.8, 4) is 23.3 Å². The van der Waals surface area contributed by atoms with Gasteiger partial charge in [-0.1, -0.05) is 17.7 Å². The van der Waals surface area contributed by atoms with Crippen LogP contribution in [0.1, 0.15) is 16.7 Å². The maximum Gasteiger partial charge on any atom is 0.135 e. The van der Waals surface area contributed by atoms with Gasteiger partial charge in [-0.15, -0.1) is 11.6 Å². The summed E-state index contributed by atoms with van der Waals surface area (Å²) in [4.78, 5) is 3.97. The summed E-state index contributed by atoms with van der Waals surface area (Å²) >= 11 is 12.0. The number of aromatic nitrogens is 1. The fraction of sp³-hybridized carbons (Fsp3) is 0.0952. The Balaban J connectivity index is 1.79. The second-order valence-electron chi connectivity index (χ2n) is 6.00. The SMILES string of the molecule is N#Cc1cc(Cl)cc(Oc2cc(OCC(=N)c3cccnc3N)ccc2CCl)c1. The second kappa shape index (κ2) is 9.28. The maximum atomic E-state index is 9.09. The Labute approximate surface area is 177 Å². The fourth-order valence-electron chi connectivity index (χ4n) is 2.55. The van der Waals surface area contributed by atoms with Crippen LogP contribution < -0.4 is 15.2 Å². The summed E-state index contributed by atoms with van der Waals surface area (Å²) in [6, 6.07) is 15.4. The molecule has 0 saturated carbocycles. The first-order valence-electron chi connectivity index (χ1n) is 8.48. The van der Waals surface area contributed by atoms with Gasteiger partial charge in [0.2, 0.25) is 0 Å². The molecule has 0 aliphatic heterocycles. The molecule has 0 bridgehead atoms. The number of nitrogens with zero attached hydrogens (tertiary/aromatic N) is 2. The lowest BCUT2D eigenvalue weighted by Gasteiger charge is -2.14. The molecule has 3 N–H and O–H groups in total. The Morgan fingerprint density at radius 3 is 2.72 bits per heavy atom. The zero-order chi connectivity index (χ0) is 20.8. The van der Waals surface area contributed by atoms with Crippen LogP contribution in [0.5, 0.6) is 17.2 Å². The van der Waals surface area contributed by atoms with Crippen molar-refractivity contribution in [2.75, 3.05) is 12.3 Å². The lowest BCUT2D eigenvalue weighted by atomic mass is 10.1. The summed E-state index contributed by atoms with van der Waals surface area (Å²) in [5, 5.41) is 17.6. The number of halogens is 2. The molecular formula is C21H16Cl2N4O2. The predicted octanol–water partition coefficient (Wildman–Crippen LogP) is 5.17. The number of hydrogen-bond acceptors (Lipinski definition) is 6. The van der Waals surface area contributed by atoms with Crippen molar-refractivity contribution in [2.45, 2.75) is 5.88 Å². The van der Waals surface area contributed by atoms with Gasteiger partial charge in [-0.05, 0) is 36.4 Å². The highest BCUT2D eigenvalue weighted by atomic mass is 35.5. The van der Waals surface area contributed by atoms with Gasteiger partial charge in [-0.3, -0.25) is 0 Å². The molecule has 0 radical (unpaired) electrons. The van der Waals surface area contributed by atoms with E-state index in [1.165, 1.54) is 0 Å². The molecule has 0 atom stereocenters. The maximum absolute atomic E-state index is 9.09. The van der Waals surface area contributed by atoms with E-state index in [9.17, 15) is 0 Å². The van der Waals surface area contributed by atoms with E-state index >= 15 is 0 Å². The zero-order valence-corrected chi connectivity index (χ0v) is 16.7. The number of nitrogens with two attached hydrogens (primary N) is 1. The Bertz CT molecular complexity index is 1100. The molecule has 1 heterocycles. The predicted molar refractivity (Wildman–Crippen MR) is 113 cm³/mol. The Morgan fingerprint density at radius 2 is 2.00 bits per heavy atom. The van der Waals surface area contributed by atoms with Gasteiger partial charge in [0.25, 0.3) is 0 Å². The van der Waals surface area contributed by atoms with Gasteiger partial charge in [-0.25, -0.2) is 4.98 Å². The van der Waals surface area contributed by atoms with E-state index in [1.54, 1.807) is 54.7 Å². The first-order valence-corrected chi connectivity index (χ1v) is 9.40. The van der Waals surface area contributed by atoms with Crippen molar-refractivity contribution in [1.82, 2.24) is 4.98 Å². The second-order valence-corrected chi connectivity index (χ2v) is 6.70. The van der Waals surface area contributed by atoms with E-state index in [2.05, 4.69) is 4.98 Å². The number of alkyl halides is 1. The number of nitrogen functional groups attached to an aromatic ring is 1. The molecule has 146 valence electrons. The van der Waals surface area contributed by atoms with E-state index in [1.807, 2.05) is 6.07 Å². The highest BCUT2D eigenvalue weighted by molar-refractivity contribution is 6.30. The van der Waals surface area contributed by atoms with Crippen LogP contribution in [-0.2, 0) is 5.88 Å². The molecule has 0 amide bonds. The van der Waals surface area contributed by atoms with Crippen LogP contribution in [0.2, 0.25) is 5.02 Å². The fourth-order valence-corrected chi connectivity index (χ4v) is 3.00. The molecule has 0 aliphatic carbocycles. The third kappa shape index (κ3) is 5.17. The average molecular weight is 427 g/mol. The van der Waals surface area contributed by atoms with Crippen molar-refractivity contribution >= 4 is 34.7 Å². The van der Waals surface area contributed by atoms with Crippen LogP contribution in [0, 0.1) is 16.7 Å². The summed E-state index contributed by atoms with van der Waals surface area (Å²) < 4.78 is 11.6. The molecule has 8 heteroatoms. The van der Waals surface area contributed by atoms with E-state index in [0.717, 1.165) is 5.56 Å². The molecule has 1 aromatic heterocycles. The minimum atomic E-state index is 0.00526. The summed E-state index contributed by atoms with van der Waals surface area (Å²) in [6.45, 7) is 0.00526. The van der Waals surface area contributed by atoms with E-state index in [-0.39, 0.29) is 24.0 Å². The van der Waals surface area contributed by atoms with Crippen molar-refractivity contribution in [2.24, 2.45) is 0 Å². The van der Waals surface area contributed by atoms with Crippen LogP contribution in [0.3, 0.4) is 0 Å². The number of rotatable bonds is 7. The number of hydrogen-bond donors (Lipinski definition) is 2. The van der Waals surface area contributed by atoms with Crippen LogP contribution in [-0.4, -0.2) is 17.3 Å². The topological polar surface area (TPSA) is 105 Å². The minimum Gasteiger partial charge on any atom is -0.487 e. The third-order valence-electron chi connectivity index (χ3n) is 3.96. The van der Waals surface area contributed by atoms with E-state index in [0.29, 0.717) is 33.4 Å². The van der Waals surface area contributed by atoms with Crippen LogP contribution >= 0.6 is 23.2 Å². The Kier molecular flexibility index (Phi) is 6.55. The van der Waals surface area contributed by atoms with E-state index in [4.69, 9.17) is 49.1 Å². The van der Waals surface area contributed by atoms with Crippen molar-refractivity contribution in [3.05, 3.63) is 76.4 Å². The lowest BCUT2D eigenvalue weighted by Crippen LogP contribution is -2.14. The molecular weight excluding hydrogens is 411 g/mol. The highest BCUT2D eigenvalue weighted by Crippen LogP contribution is 2.32. The highest BCUT2D eigenvalue weighted by Gasteiger charge is 2.11. The molecule has 0 spiro atoms. The van der Waals surface area contributed by atoms with Crippen molar-refractivity contribution in [3.63, 3.8) is 0 Å². The smallest absolute Gasteiger partial charge is 0.135 e. The van der Waals surface area contributed by atoms with Crippen molar-refractivity contribution < 1.29 is 9.47 Å². The van der Waals surface area contributed by atoms with Gasteiger partial charge in [0.05, 0.1) is 23.2 Å². The number of nitrogens with one attached hydrogen (secondary N) is 1. The summed E-state index contributed by atoms with van der Waals surface area (Å²) in [6.07, 6.45) is 1.56. The monoisotopic (exact) mass is 426 g/mol. The number of benzene rings is 2.